The van der Waals surface area contributed by atoms with Crippen LogP contribution in [0.4, 0.5) is 0 Å². The quantitative estimate of drug-likeness (QED) is 0.609. The van der Waals surface area contributed by atoms with Crippen molar-refractivity contribution in [3.63, 3.8) is 0 Å². The van der Waals surface area contributed by atoms with Gasteiger partial charge in [-0.1, -0.05) is 0 Å². The zero-order valence-electron chi connectivity index (χ0n) is 8.84. The molecule has 17 heavy (non-hydrogen) atoms. The minimum atomic E-state index is -1.14. The lowest BCUT2D eigenvalue weighted by atomic mass is 10.2. The predicted molar refractivity (Wildman–Crippen MR) is 57.2 cm³/mol. The van der Waals surface area contributed by atoms with Crippen LogP contribution in [0.15, 0.2) is 24.5 Å². The lowest BCUT2D eigenvalue weighted by molar-refractivity contribution is -0.137. The van der Waals surface area contributed by atoms with Crippen molar-refractivity contribution in [2.24, 2.45) is 0 Å². The summed E-state index contributed by atoms with van der Waals surface area (Å²) in [6, 6.07) is 3.01. The Hall–Kier alpha value is -2.44. The van der Waals surface area contributed by atoms with Gasteiger partial charge >= 0.3 is 5.97 Å². The predicted octanol–water partition coefficient (Wildman–Crippen LogP) is -0.988. The molecule has 7 heteroatoms. The Morgan fingerprint density at radius 2 is 1.76 bits per heavy atom. The van der Waals surface area contributed by atoms with Crippen molar-refractivity contribution in [1.82, 2.24) is 15.6 Å². The summed E-state index contributed by atoms with van der Waals surface area (Å²) >= 11 is 0. The summed E-state index contributed by atoms with van der Waals surface area (Å²) in [4.78, 5) is 36.4. The Balaban J connectivity index is 2.34. The molecule has 0 aliphatic heterocycles. The van der Waals surface area contributed by atoms with Crippen molar-refractivity contribution in [2.45, 2.75) is 0 Å². The molecule has 1 aromatic heterocycles. The van der Waals surface area contributed by atoms with Crippen molar-refractivity contribution >= 4 is 17.8 Å². The van der Waals surface area contributed by atoms with Crippen molar-refractivity contribution in [3.05, 3.63) is 30.1 Å². The first-order valence-electron chi connectivity index (χ1n) is 4.76. The van der Waals surface area contributed by atoms with Crippen LogP contribution in [-0.2, 0) is 9.59 Å². The molecular formula is C10H11N3O4. The van der Waals surface area contributed by atoms with E-state index >= 15 is 0 Å². The van der Waals surface area contributed by atoms with Crippen LogP contribution in [0, 0.1) is 0 Å². The number of hydrogen-bond donors (Lipinski definition) is 3. The van der Waals surface area contributed by atoms with Crippen LogP contribution in [0.1, 0.15) is 10.4 Å². The van der Waals surface area contributed by atoms with E-state index in [2.05, 4.69) is 15.6 Å². The molecule has 0 radical (unpaired) electrons. The minimum Gasteiger partial charge on any atom is -0.480 e. The number of carboxylic acids is 1. The second kappa shape index (κ2) is 6.21. The molecule has 0 spiro atoms. The molecule has 90 valence electrons. The number of aliphatic carboxylic acids is 1. The van der Waals surface area contributed by atoms with Gasteiger partial charge in [0, 0.05) is 18.0 Å². The highest BCUT2D eigenvalue weighted by molar-refractivity contribution is 5.96. The van der Waals surface area contributed by atoms with Gasteiger partial charge in [0.05, 0.1) is 6.54 Å². The summed E-state index contributed by atoms with van der Waals surface area (Å²) in [6.45, 7) is -0.738. The Bertz CT molecular complexity index is 419. The fraction of sp³-hybridized carbons (Fsp3) is 0.200. The van der Waals surface area contributed by atoms with E-state index in [4.69, 9.17) is 5.11 Å². The number of nitrogens with zero attached hydrogens (tertiary/aromatic N) is 1. The second-order valence-electron chi connectivity index (χ2n) is 3.09. The highest BCUT2D eigenvalue weighted by atomic mass is 16.4. The normalized spacial score (nSPS) is 9.41. The van der Waals surface area contributed by atoms with Crippen LogP contribution in [0.2, 0.25) is 0 Å². The van der Waals surface area contributed by atoms with Crippen LogP contribution in [-0.4, -0.2) is 41.0 Å². The number of nitrogens with one attached hydrogen (secondary N) is 2. The van der Waals surface area contributed by atoms with Crippen LogP contribution in [0.5, 0.6) is 0 Å². The van der Waals surface area contributed by atoms with E-state index in [0.717, 1.165) is 0 Å². The van der Waals surface area contributed by atoms with Gasteiger partial charge in [0.25, 0.3) is 5.91 Å². The first-order valence-corrected chi connectivity index (χ1v) is 4.76. The van der Waals surface area contributed by atoms with Crippen LogP contribution >= 0.6 is 0 Å². The highest BCUT2D eigenvalue weighted by Gasteiger charge is 2.08. The van der Waals surface area contributed by atoms with Gasteiger partial charge in [-0.2, -0.15) is 0 Å². The third-order valence-electron chi connectivity index (χ3n) is 1.79. The smallest absolute Gasteiger partial charge is 0.322 e. The van der Waals surface area contributed by atoms with E-state index in [1.165, 1.54) is 24.5 Å². The first-order chi connectivity index (χ1) is 8.09. The zero-order chi connectivity index (χ0) is 12.7. The van der Waals surface area contributed by atoms with Crippen LogP contribution in [0.25, 0.3) is 0 Å². The molecule has 1 rings (SSSR count). The molecule has 0 fully saturated rings. The Morgan fingerprint density at radius 3 is 2.35 bits per heavy atom. The zero-order valence-corrected chi connectivity index (χ0v) is 8.84. The van der Waals surface area contributed by atoms with Crippen LogP contribution in [0.3, 0.4) is 0 Å². The van der Waals surface area contributed by atoms with Crippen molar-refractivity contribution in [3.8, 4) is 0 Å². The van der Waals surface area contributed by atoms with E-state index in [-0.39, 0.29) is 6.54 Å². The highest BCUT2D eigenvalue weighted by Crippen LogP contribution is 1.94. The van der Waals surface area contributed by atoms with Gasteiger partial charge in [-0.15, -0.1) is 0 Å². The third kappa shape index (κ3) is 4.74. The fourth-order valence-electron chi connectivity index (χ4n) is 1.00. The number of carbonyl (C=O) groups excluding carboxylic acids is 2. The van der Waals surface area contributed by atoms with Crippen molar-refractivity contribution in [1.29, 1.82) is 0 Å². The van der Waals surface area contributed by atoms with Gasteiger partial charge < -0.3 is 15.7 Å². The number of rotatable bonds is 5. The van der Waals surface area contributed by atoms with Gasteiger partial charge in [-0.3, -0.25) is 19.4 Å². The summed E-state index contributed by atoms with van der Waals surface area (Å²) in [7, 11) is 0. The maximum Gasteiger partial charge on any atom is 0.322 e. The van der Waals surface area contributed by atoms with Crippen LogP contribution < -0.4 is 10.6 Å². The Labute approximate surface area is 96.9 Å². The number of carbonyl (C=O) groups is 3. The molecule has 0 saturated heterocycles. The lowest BCUT2D eigenvalue weighted by Crippen LogP contribution is -2.39. The largest absolute Gasteiger partial charge is 0.480 e. The van der Waals surface area contributed by atoms with Crippen molar-refractivity contribution < 1.29 is 19.5 Å². The van der Waals surface area contributed by atoms with Crippen molar-refractivity contribution in [2.75, 3.05) is 13.1 Å². The molecule has 0 saturated carbocycles. The van der Waals surface area contributed by atoms with Gasteiger partial charge in [0.15, 0.2) is 0 Å². The summed E-state index contributed by atoms with van der Waals surface area (Å²) in [5.74, 6) is -2.12. The Morgan fingerprint density at radius 1 is 1.12 bits per heavy atom. The average molecular weight is 237 g/mol. The first kappa shape index (κ1) is 12.6. The summed E-state index contributed by atoms with van der Waals surface area (Å²) in [5.41, 5.74) is 0.381. The van der Waals surface area contributed by atoms with E-state index in [1.54, 1.807) is 0 Å². The number of carboxylic acid groups (broad SMARTS) is 1. The molecular weight excluding hydrogens is 226 g/mol. The lowest BCUT2D eigenvalue weighted by Gasteiger charge is -2.04. The SMILES string of the molecule is O=C(O)CNC(=O)CNC(=O)c1ccncc1. The molecule has 0 atom stereocenters. The molecule has 1 aromatic rings. The van der Waals surface area contributed by atoms with E-state index in [1.807, 2.05) is 0 Å². The summed E-state index contributed by atoms with van der Waals surface area (Å²) < 4.78 is 0. The topological polar surface area (TPSA) is 108 Å². The summed E-state index contributed by atoms with van der Waals surface area (Å²) in [5, 5.41) is 12.8. The number of amides is 2. The van der Waals surface area contributed by atoms with Gasteiger partial charge in [0.2, 0.25) is 5.91 Å². The molecule has 1 heterocycles. The van der Waals surface area contributed by atoms with E-state index in [9.17, 15) is 14.4 Å². The summed E-state index contributed by atoms with van der Waals surface area (Å²) in [6.07, 6.45) is 2.92. The van der Waals surface area contributed by atoms with Gasteiger partial charge in [-0.05, 0) is 12.1 Å². The molecule has 0 unspecified atom stereocenters. The molecule has 0 bridgehead atoms. The number of pyridine rings is 1. The van der Waals surface area contributed by atoms with Gasteiger partial charge in [0.1, 0.15) is 6.54 Å². The van der Waals surface area contributed by atoms with E-state index in [0.29, 0.717) is 5.56 Å². The number of hydrogen-bond acceptors (Lipinski definition) is 4. The van der Waals surface area contributed by atoms with Gasteiger partial charge in [-0.25, -0.2) is 0 Å². The maximum absolute atomic E-state index is 11.5. The van der Waals surface area contributed by atoms with E-state index < -0.39 is 24.3 Å². The maximum atomic E-state index is 11.5. The fourth-order valence-corrected chi connectivity index (χ4v) is 1.00. The monoisotopic (exact) mass is 237 g/mol. The minimum absolute atomic E-state index is 0.269. The number of aromatic nitrogens is 1. The average Bonchev–Trinajstić information content (AvgIpc) is 2.34. The molecule has 2 amide bonds. The molecule has 3 N–H and O–H groups in total. The Kier molecular flexibility index (Phi) is 4.61. The molecule has 0 aromatic carbocycles. The molecule has 0 aliphatic rings. The second-order valence-corrected chi connectivity index (χ2v) is 3.09. The molecule has 7 nitrogen and oxygen atoms in total. The standard InChI is InChI=1S/C10H11N3O4/c14-8(12-6-9(15)16)5-13-10(17)7-1-3-11-4-2-7/h1-4H,5-6H2,(H,12,14)(H,13,17)(H,15,16). The third-order valence-corrected chi connectivity index (χ3v) is 1.79. The molecule has 0 aliphatic carbocycles.